The van der Waals surface area contributed by atoms with Crippen LogP contribution >= 0.6 is 0 Å². The predicted molar refractivity (Wildman–Crippen MR) is 83.5 cm³/mol. The molecule has 1 aromatic carbocycles. The molecule has 0 spiro atoms. The van der Waals surface area contributed by atoms with Gasteiger partial charge < -0.3 is 15.3 Å². The molecular weight excluding hydrogens is 280 g/mol. The number of amides is 2. The third-order valence-electron chi connectivity index (χ3n) is 4.69. The van der Waals surface area contributed by atoms with E-state index in [1.165, 1.54) is 0 Å². The van der Waals surface area contributed by atoms with Crippen LogP contribution in [-0.2, 0) is 4.79 Å². The lowest BCUT2D eigenvalue weighted by atomic mass is 10.1. The van der Waals surface area contributed by atoms with E-state index in [-0.39, 0.29) is 30.4 Å². The van der Waals surface area contributed by atoms with E-state index >= 15 is 0 Å². The fourth-order valence-corrected chi connectivity index (χ4v) is 3.08. The summed E-state index contributed by atoms with van der Waals surface area (Å²) in [4.78, 5) is 26.1. The zero-order chi connectivity index (χ0) is 15.7. The van der Waals surface area contributed by atoms with Crippen LogP contribution in [0.1, 0.15) is 36.5 Å². The van der Waals surface area contributed by atoms with Crippen molar-refractivity contribution in [2.45, 2.75) is 32.2 Å². The van der Waals surface area contributed by atoms with Gasteiger partial charge in [-0.3, -0.25) is 9.59 Å². The third-order valence-corrected chi connectivity index (χ3v) is 4.69. The fourth-order valence-electron chi connectivity index (χ4n) is 3.08. The van der Waals surface area contributed by atoms with Gasteiger partial charge in [-0.15, -0.1) is 0 Å². The Hall–Kier alpha value is -1.88. The lowest BCUT2D eigenvalue weighted by molar-refractivity contribution is -0.117. The van der Waals surface area contributed by atoms with Crippen molar-refractivity contribution in [2.75, 3.05) is 18.5 Å². The quantitative estimate of drug-likeness (QED) is 0.892. The molecule has 0 unspecified atom stereocenters. The first-order valence-corrected chi connectivity index (χ1v) is 7.93. The number of carbonyl (C=O) groups is 2. The summed E-state index contributed by atoms with van der Waals surface area (Å²) in [6.45, 7) is 2.78. The number of benzene rings is 1. The Morgan fingerprint density at radius 1 is 1.32 bits per heavy atom. The van der Waals surface area contributed by atoms with Gasteiger partial charge in [0, 0.05) is 23.7 Å². The molecule has 22 heavy (non-hydrogen) atoms. The molecule has 1 aromatic rings. The van der Waals surface area contributed by atoms with Crippen LogP contribution in [0.15, 0.2) is 24.3 Å². The molecule has 5 heteroatoms. The summed E-state index contributed by atoms with van der Waals surface area (Å²) in [5.41, 5.74) is 1.32. The number of anilines is 1. The van der Waals surface area contributed by atoms with E-state index in [2.05, 4.69) is 12.2 Å². The molecule has 2 aliphatic rings. The van der Waals surface area contributed by atoms with Crippen LogP contribution < -0.4 is 5.32 Å². The summed E-state index contributed by atoms with van der Waals surface area (Å²) in [7, 11) is 0. The summed E-state index contributed by atoms with van der Waals surface area (Å²) in [5.74, 6) is 0.624. The number of hydrogen-bond donors (Lipinski definition) is 2. The molecule has 2 amide bonds. The molecule has 2 N–H and O–H groups in total. The summed E-state index contributed by atoms with van der Waals surface area (Å²) in [5, 5.41) is 12.2. The van der Waals surface area contributed by atoms with Crippen LogP contribution in [-0.4, -0.2) is 41.0 Å². The molecule has 1 saturated heterocycles. The highest BCUT2D eigenvalue weighted by Gasteiger charge is 2.39. The molecule has 0 bridgehead atoms. The fraction of sp³-hybridized carbons (Fsp3) is 0.529. The van der Waals surface area contributed by atoms with Crippen molar-refractivity contribution in [1.29, 1.82) is 0 Å². The number of nitrogens with one attached hydrogen (secondary N) is 1. The van der Waals surface area contributed by atoms with Crippen LogP contribution in [0.2, 0.25) is 0 Å². The van der Waals surface area contributed by atoms with Crippen molar-refractivity contribution >= 4 is 17.5 Å². The molecule has 1 saturated carbocycles. The Labute approximate surface area is 130 Å². The van der Waals surface area contributed by atoms with E-state index in [1.807, 2.05) is 0 Å². The van der Waals surface area contributed by atoms with Crippen LogP contribution in [0.4, 0.5) is 5.69 Å². The number of likely N-dealkylation sites (tertiary alicyclic amines) is 1. The summed E-state index contributed by atoms with van der Waals surface area (Å²) < 4.78 is 0. The minimum atomic E-state index is -0.0665. The molecule has 0 aromatic heterocycles. The maximum absolute atomic E-state index is 12.4. The third kappa shape index (κ3) is 2.99. The second kappa shape index (κ2) is 6.08. The Balaban J connectivity index is 1.63. The van der Waals surface area contributed by atoms with Crippen molar-refractivity contribution in [3.63, 3.8) is 0 Å². The van der Waals surface area contributed by atoms with E-state index in [0.29, 0.717) is 18.0 Å². The van der Waals surface area contributed by atoms with Crippen molar-refractivity contribution in [3.8, 4) is 0 Å². The summed E-state index contributed by atoms with van der Waals surface area (Å²) in [6.07, 6.45) is 2.75. The lowest BCUT2D eigenvalue weighted by Crippen LogP contribution is -2.37. The second-order valence-corrected chi connectivity index (χ2v) is 6.36. The lowest BCUT2D eigenvalue weighted by Gasteiger charge is -2.23. The van der Waals surface area contributed by atoms with Gasteiger partial charge in [-0.05, 0) is 49.4 Å². The smallest absolute Gasteiger partial charge is 0.254 e. The molecule has 118 valence electrons. The molecule has 2 fully saturated rings. The van der Waals surface area contributed by atoms with Gasteiger partial charge in [-0.2, -0.15) is 0 Å². The Morgan fingerprint density at radius 3 is 2.59 bits per heavy atom. The maximum atomic E-state index is 12.4. The number of carbonyl (C=O) groups excluding carboxylic acids is 2. The predicted octanol–water partition coefficient (Wildman–Crippen LogP) is 1.88. The summed E-state index contributed by atoms with van der Waals surface area (Å²) in [6, 6.07) is 6.94. The zero-order valence-electron chi connectivity index (χ0n) is 12.8. The number of nitrogens with zero attached hydrogens (tertiary/aromatic N) is 1. The highest BCUT2D eigenvalue weighted by atomic mass is 16.3. The second-order valence-electron chi connectivity index (χ2n) is 6.36. The minimum Gasteiger partial charge on any atom is -0.394 e. The van der Waals surface area contributed by atoms with Crippen LogP contribution in [0.3, 0.4) is 0 Å². The van der Waals surface area contributed by atoms with Gasteiger partial charge in [0.05, 0.1) is 12.6 Å². The van der Waals surface area contributed by atoms with Gasteiger partial charge >= 0.3 is 0 Å². The SMILES string of the molecule is C[C@H]1C[C@@H]1C(=O)Nc1ccc(C(=O)N2CCC[C@@H]2CO)cc1. The largest absolute Gasteiger partial charge is 0.394 e. The first-order valence-electron chi connectivity index (χ1n) is 7.93. The highest BCUT2D eigenvalue weighted by molar-refractivity contribution is 5.97. The van der Waals surface area contributed by atoms with Gasteiger partial charge in [-0.1, -0.05) is 6.92 Å². The number of rotatable bonds is 4. The molecular formula is C17H22N2O3. The van der Waals surface area contributed by atoms with Crippen molar-refractivity contribution < 1.29 is 14.7 Å². The van der Waals surface area contributed by atoms with Crippen LogP contribution in [0, 0.1) is 11.8 Å². The van der Waals surface area contributed by atoms with E-state index < -0.39 is 0 Å². The molecule has 1 heterocycles. The van der Waals surface area contributed by atoms with E-state index in [9.17, 15) is 14.7 Å². The van der Waals surface area contributed by atoms with Crippen LogP contribution in [0.5, 0.6) is 0 Å². The average molecular weight is 302 g/mol. The molecule has 3 rings (SSSR count). The van der Waals surface area contributed by atoms with Gasteiger partial charge in [0.25, 0.3) is 5.91 Å². The van der Waals surface area contributed by atoms with Gasteiger partial charge in [0.2, 0.25) is 5.91 Å². The molecule has 0 radical (unpaired) electrons. The molecule has 3 atom stereocenters. The van der Waals surface area contributed by atoms with Crippen molar-refractivity contribution in [2.24, 2.45) is 11.8 Å². The number of aliphatic hydroxyl groups is 1. The van der Waals surface area contributed by atoms with Gasteiger partial charge in [0.1, 0.15) is 0 Å². The summed E-state index contributed by atoms with van der Waals surface area (Å²) >= 11 is 0. The topological polar surface area (TPSA) is 69.6 Å². The molecule has 5 nitrogen and oxygen atoms in total. The monoisotopic (exact) mass is 302 g/mol. The Bertz CT molecular complexity index is 570. The standard InChI is InChI=1S/C17H22N2O3/c1-11-9-15(11)16(21)18-13-6-4-12(5-7-13)17(22)19-8-2-3-14(19)10-20/h4-7,11,14-15,20H,2-3,8-10H2,1H3,(H,18,21)/t11-,14+,15-/m0/s1. The average Bonchev–Trinajstić information content (AvgIpc) is 3.08. The van der Waals surface area contributed by atoms with E-state index in [1.54, 1.807) is 29.2 Å². The number of hydrogen-bond acceptors (Lipinski definition) is 3. The molecule has 1 aliphatic heterocycles. The van der Waals surface area contributed by atoms with Gasteiger partial charge in [-0.25, -0.2) is 0 Å². The van der Waals surface area contributed by atoms with Gasteiger partial charge in [0.15, 0.2) is 0 Å². The first-order chi connectivity index (χ1) is 10.6. The van der Waals surface area contributed by atoms with Crippen molar-refractivity contribution in [1.82, 2.24) is 4.90 Å². The van der Waals surface area contributed by atoms with Crippen molar-refractivity contribution in [3.05, 3.63) is 29.8 Å². The Kier molecular flexibility index (Phi) is 4.16. The minimum absolute atomic E-state index is 0.0133. The van der Waals surface area contributed by atoms with E-state index in [4.69, 9.17) is 0 Å². The molecule has 1 aliphatic carbocycles. The zero-order valence-corrected chi connectivity index (χ0v) is 12.8. The van der Waals surface area contributed by atoms with E-state index in [0.717, 1.165) is 24.9 Å². The van der Waals surface area contributed by atoms with Crippen LogP contribution in [0.25, 0.3) is 0 Å². The number of aliphatic hydroxyl groups excluding tert-OH is 1. The highest BCUT2D eigenvalue weighted by Crippen LogP contribution is 2.38. The normalized spacial score (nSPS) is 26.8. The first kappa shape index (κ1) is 15.0. The maximum Gasteiger partial charge on any atom is 0.254 e. The Morgan fingerprint density at radius 2 is 2.00 bits per heavy atom.